The molecule has 0 aliphatic heterocycles. The zero-order chi connectivity index (χ0) is 32.8. The summed E-state index contributed by atoms with van der Waals surface area (Å²) in [4.78, 5) is 0. The van der Waals surface area contributed by atoms with Crippen LogP contribution in [0.4, 0.5) is 0 Å². The molecule has 50 heavy (non-hydrogen) atoms. The monoisotopic (exact) mass is 634 g/mol. The Labute approximate surface area is 288 Å². The molecule has 0 bridgehead atoms. The minimum absolute atomic E-state index is 1.15. The molecule has 0 spiro atoms. The lowest BCUT2D eigenvalue weighted by Crippen LogP contribution is -1.99. The minimum atomic E-state index is 1.15. The lowest BCUT2D eigenvalue weighted by Gasteiger charge is -2.15. The second-order valence-corrected chi connectivity index (χ2v) is 13.3. The average molecular weight is 635 g/mol. The first-order valence-electron chi connectivity index (χ1n) is 17.3. The van der Waals surface area contributed by atoms with E-state index in [0.717, 1.165) is 11.4 Å². The molecular formula is C48H30N2. The summed E-state index contributed by atoms with van der Waals surface area (Å²) in [5, 5.41) is 12.6. The Hall–Kier alpha value is -6.64. The molecule has 0 atom stereocenters. The van der Waals surface area contributed by atoms with Crippen molar-refractivity contribution >= 4 is 75.9 Å². The summed E-state index contributed by atoms with van der Waals surface area (Å²) in [7, 11) is 0. The Morgan fingerprint density at radius 3 is 1.44 bits per heavy atom. The molecule has 11 aromatic rings. The second kappa shape index (κ2) is 10.4. The highest BCUT2D eigenvalue weighted by atomic mass is 15.0. The van der Waals surface area contributed by atoms with Crippen LogP contribution >= 0.6 is 0 Å². The topological polar surface area (TPSA) is 9.86 Å². The maximum Gasteiger partial charge on any atom is 0.0795 e. The molecule has 2 heterocycles. The smallest absolute Gasteiger partial charge is 0.0795 e. The Kier molecular flexibility index (Phi) is 5.70. The molecule has 232 valence electrons. The van der Waals surface area contributed by atoms with Gasteiger partial charge in [0.1, 0.15) is 0 Å². The summed E-state index contributed by atoms with van der Waals surface area (Å²) in [5.74, 6) is 0. The molecule has 0 amide bonds. The lowest BCUT2D eigenvalue weighted by molar-refractivity contribution is 1.15. The van der Waals surface area contributed by atoms with Gasteiger partial charge in [-0.1, -0.05) is 146 Å². The fraction of sp³-hybridized carbons (Fsp3) is 0. The lowest BCUT2D eigenvalue weighted by atomic mass is 9.98. The number of hydrogen-bond acceptors (Lipinski definition) is 0. The number of hydrogen-bond donors (Lipinski definition) is 0. The molecule has 0 N–H and O–H groups in total. The molecular weight excluding hydrogens is 605 g/mol. The van der Waals surface area contributed by atoms with E-state index in [1.165, 1.54) is 87.1 Å². The third-order valence-electron chi connectivity index (χ3n) is 10.7. The Bertz CT molecular complexity index is 3130. The highest BCUT2D eigenvalue weighted by Crippen LogP contribution is 2.47. The minimum Gasteiger partial charge on any atom is -0.307 e. The fourth-order valence-electron chi connectivity index (χ4n) is 8.51. The molecule has 0 saturated heterocycles. The fourth-order valence-corrected chi connectivity index (χ4v) is 8.51. The molecule has 0 fully saturated rings. The molecule has 2 nitrogen and oxygen atoms in total. The summed E-state index contributed by atoms with van der Waals surface area (Å²) in [6.07, 6.45) is 0. The van der Waals surface area contributed by atoms with Gasteiger partial charge in [0.15, 0.2) is 0 Å². The standard InChI is InChI=1S/C48H30N2/c1-2-14-34-30-36(29-24-31(34)12-1)50-44-23-10-8-20-42(44)46-40-18-6-5-17-39(40)45-41-19-7-9-22-43(41)49(47(45)48(46)50)35-27-25-33(26-28-35)38-21-11-15-32-13-3-4-16-37(32)38/h1-30H. The van der Waals surface area contributed by atoms with Crippen LogP contribution in [0.25, 0.3) is 98.4 Å². The molecule has 0 saturated carbocycles. The zero-order valence-electron chi connectivity index (χ0n) is 27.2. The number of rotatable bonds is 3. The van der Waals surface area contributed by atoms with E-state index in [1.54, 1.807) is 0 Å². The molecule has 0 radical (unpaired) electrons. The predicted octanol–water partition coefficient (Wildman–Crippen LogP) is 13.0. The van der Waals surface area contributed by atoms with Gasteiger partial charge in [0.2, 0.25) is 0 Å². The first-order valence-corrected chi connectivity index (χ1v) is 17.3. The van der Waals surface area contributed by atoms with Crippen LogP contribution in [0, 0.1) is 0 Å². The Morgan fingerprint density at radius 1 is 0.300 bits per heavy atom. The van der Waals surface area contributed by atoms with Crippen molar-refractivity contribution in [3.05, 3.63) is 182 Å². The van der Waals surface area contributed by atoms with Crippen molar-refractivity contribution in [2.45, 2.75) is 0 Å². The van der Waals surface area contributed by atoms with Gasteiger partial charge in [-0.05, 0) is 79.8 Å². The van der Waals surface area contributed by atoms with Gasteiger partial charge in [0.25, 0.3) is 0 Å². The van der Waals surface area contributed by atoms with Crippen molar-refractivity contribution in [3.63, 3.8) is 0 Å². The summed E-state index contributed by atoms with van der Waals surface area (Å²) < 4.78 is 5.01. The van der Waals surface area contributed by atoms with Crippen molar-refractivity contribution in [1.29, 1.82) is 0 Å². The van der Waals surface area contributed by atoms with Gasteiger partial charge in [0.05, 0.1) is 22.1 Å². The van der Waals surface area contributed by atoms with Gasteiger partial charge in [-0.15, -0.1) is 0 Å². The van der Waals surface area contributed by atoms with Gasteiger partial charge in [-0.25, -0.2) is 0 Å². The van der Waals surface area contributed by atoms with Crippen molar-refractivity contribution in [2.24, 2.45) is 0 Å². The van der Waals surface area contributed by atoms with Crippen LogP contribution in [-0.2, 0) is 0 Å². The van der Waals surface area contributed by atoms with Gasteiger partial charge in [-0.3, -0.25) is 0 Å². The van der Waals surface area contributed by atoms with Crippen LogP contribution in [0.15, 0.2) is 182 Å². The third kappa shape index (κ3) is 3.79. The Balaban J connectivity index is 1.30. The van der Waals surface area contributed by atoms with Gasteiger partial charge in [-0.2, -0.15) is 0 Å². The number of aromatic nitrogens is 2. The van der Waals surface area contributed by atoms with Crippen LogP contribution in [-0.4, -0.2) is 9.13 Å². The summed E-state index contributed by atoms with van der Waals surface area (Å²) in [5.41, 5.74) is 9.63. The predicted molar refractivity (Wildman–Crippen MR) is 213 cm³/mol. The van der Waals surface area contributed by atoms with E-state index in [2.05, 4.69) is 191 Å². The van der Waals surface area contributed by atoms with Gasteiger partial charge < -0.3 is 9.13 Å². The van der Waals surface area contributed by atoms with E-state index >= 15 is 0 Å². The van der Waals surface area contributed by atoms with Crippen molar-refractivity contribution in [2.75, 3.05) is 0 Å². The first-order chi connectivity index (χ1) is 24.8. The second-order valence-electron chi connectivity index (χ2n) is 13.3. The van der Waals surface area contributed by atoms with Crippen LogP contribution in [0.1, 0.15) is 0 Å². The summed E-state index contributed by atoms with van der Waals surface area (Å²) in [6.45, 7) is 0. The SMILES string of the molecule is c1ccc2cc(-n3c4ccccc4c4c5ccccc5c5c6ccccc6n(-c6ccc(-c7cccc8ccccc78)cc6)c5c43)ccc2c1. The van der Waals surface area contributed by atoms with Crippen molar-refractivity contribution < 1.29 is 0 Å². The first kappa shape index (κ1) is 27.3. The van der Waals surface area contributed by atoms with E-state index in [-0.39, 0.29) is 0 Å². The quantitative estimate of drug-likeness (QED) is 0.183. The molecule has 0 unspecified atom stereocenters. The largest absolute Gasteiger partial charge is 0.307 e. The maximum atomic E-state index is 2.51. The maximum absolute atomic E-state index is 2.51. The Morgan fingerprint density at radius 2 is 0.780 bits per heavy atom. The van der Waals surface area contributed by atoms with Crippen LogP contribution in [0.2, 0.25) is 0 Å². The molecule has 9 aromatic carbocycles. The number of benzene rings is 9. The van der Waals surface area contributed by atoms with E-state index in [1.807, 2.05) is 0 Å². The van der Waals surface area contributed by atoms with E-state index in [4.69, 9.17) is 0 Å². The van der Waals surface area contributed by atoms with E-state index in [9.17, 15) is 0 Å². The molecule has 0 aliphatic carbocycles. The van der Waals surface area contributed by atoms with Crippen molar-refractivity contribution in [3.8, 4) is 22.5 Å². The number of para-hydroxylation sites is 2. The van der Waals surface area contributed by atoms with Gasteiger partial charge >= 0.3 is 0 Å². The molecule has 11 rings (SSSR count). The number of fused-ring (bicyclic) bond motifs is 12. The normalized spacial score (nSPS) is 12.0. The van der Waals surface area contributed by atoms with E-state index in [0.29, 0.717) is 0 Å². The van der Waals surface area contributed by atoms with Crippen LogP contribution < -0.4 is 0 Å². The number of nitrogens with zero attached hydrogens (tertiary/aromatic N) is 2. The molecule has 2 heteroatoms. The van der Waals surface area contributed by atoms with Crippen LogP contribution in [0.5, 0.6) is 0 Å². The zero-order valence-corrected chi connectivity index (χ0v) is 27.2. The highest BCUT2D eigenvalue weighted by molar-refractivity contribution is 6.36. The summed E-state index contributed by atoms with van der Waals surface area (Å²) in [6, 6.07) is 66.7. The summed E-state index contributed by atoms with van der Waals surface area (Å²) >= 11 is 0. The van der Waals surface area contributed by atoms with E-state index < -0.39 is 0 Å². The molecule has 0 aliphatic rings. The van der Waals surface area contributed by atoms with Crippen LogP contribution in [0.3, 0.4) is 0 Å². The van der Waals surface area contributed by atoms with Gasteiger partial charge in [0, 0.05) is 32.9 Å². The highest BCUT2D eigenvalue weighted by Gasteiger charge is 2.24. The third-order valence-corrected chi connectivity index (χ3v) is 10.7. The molecule has 2 aromatic heterocycles. The van der Waals surface area contributed by atoms with Crippen molar-refractivity contribution in [1.82, 2.24) is 9.13 Å². The average Bonchev–Trinajstić information content (AvgIpc) is 3.72.